The monoisotopic (exact) mass is 379 g/mol. The van der Waals surface area contributed by atoms with Crippen LogP contribution in [0.5, 0.6) is 11.5 Å². The summed E-state index contributed by atoms with van der Waals surface area (Å²) >= 11 is 6.46. The normalized spacial score (nSPS) is 17.1. The third-order valence-corrected chi connectivity index (χ3v) is 4.99. The van der Waals surface area contributed by atoms with Gasteiger partial charge in [0.25, 0.3) is 5.91 Å². The van der Waals surface area contributed by atoms with Crippen LogP contribution < -0.4 is 9.47 Å². The van der Waals surface area contributed by atoms with Gasteiger partial charge in [-0.3, -0.25) is 14.5 Å². The molecule has 0 N–H and O–H groups in total. The summed E-state index contributed by atoms with van der Waals surface area (Å²) in [5.41, 5.74) is 0.808. The average molecular weight is 380 g/mol. The van der Waals surface area contributed by atoms with E-state index in [4.69, 9.17) is 21.7 Å². The van der Waals surface area contributed by atoms with Gasteiger partial charge in [0.2, 0.25) is 0 Å². The Morgan fingerprint density at radius 1 is 1.28 bits per heavy atom. The number of carbonyl (C=O) groups is 2. The number of Topliss-reactive ketones (excluding diaryl/α,β-unsaturated/α-hetero) is 1. The summed E-state index contributed by atoms with van der Waals surface area (Å²) in [4.78, 5) is 26.0. The van der Waals surface area contributed by atoms with E-state index in [1.807, 2.05) is 32.0 Å². The van der Waals surface area contributed by atoms with Crippen molar-refractivity contribution in [2.75, 3.05) is 13.2 Å². The van der Waals surface area contributed by atoms with E-state index in [-0.39, 0.29) is 11.7 Å². The smallest absolute Gasteiger partial charge is 0.266 e. The highest BCUT2D eigenvalue weighted by Crippen LogP contribution is 2.35. The molecular weight excluding hydrogens is 358 g/mol. The Hall–Kier alpha value is -1.86. The van der Waals surface area contributed by atoms with Crippen LogP contribution >= 0.6 is 24.0 Å². The Balaban J connectivity index is 2.31. The number of hydrogen-bond donors (Lipinski definition) is 0. The molecule has 1 fully saturated rings. The first-order chi connectivity index (χ1) is 11.9. The fourth-order valence-corrected chi connectivity index (χ4v) is 3.72. The SMILES string of the molecule is CCOc1ccc(C=C2SC(=S)N(C(C)C(C)=O)C2=O)cc1OCC. The lowest BCUT2D eigenvalue weighted by molar-refractivity contribution is -0.130. The lowest BCUT2D eigenvalue weighted by atomic mass is 10.1. The number of ether oxygens (including phenoxy) is 2. The molecule has 5 nitrogen and oxygen atoms in total. The van der Waals surface area contributed by atoms with Crippen LogP contribution in [0.25, 0.3) is 6.08 Å². The van der Waals surface area contributed by atoms with E-state index in [2.05, 4.69) is 0 Å². The fourth-order valence-electron chi connectivity index (χ4n) is 2.30. The average Bonchev–Trinajstić information content (AvgIpc) is 2.83. The predicted octanol–water partition coefficient (Wildman–Crippen LogP) is 3.66. The van der Waals surface area contributed by atoms with Crippen molar-refractivity contribution in [1.29, 1.82) is 0 Å². The number of carbonyl (C=O) groups excluding carboxylic acids is 2. The molecule has 1 amide bonds. The van der Waals surface area contributed by atoms with Crippen LogP contribution in [0, 0.1) is 0 Å². The summed E-state index contributed by atoms with van der Waals surface area (Å²) in [6.45, 7) is 8.00. The van der Waals surface area contributed by atoms with Crippen molar-refractivity contribution >= 4 is 46.1 Å². The molecular formula is C18H21NO4S2. The van der Waals surface area contributed by atoms with Crippen molar-refractivity contribution in [3.05, 3.63) is 28.7 Å². The third kappa shape index (κ3) is 4.41. The van der Waals surface area contributed by atoms with E-state index in [1.54, 1.807) is 13.0 Å². The molecule has 0 aromatic heterocycles. The second-order valence-electron chi connectivity index (χ2n) is 5.41. The molecule has 25 heavy (non-hydrogen) atoms. The Morgan fingerprint density at radius 2 is 1.92 bits per heavy atom. The van der Waals surface area contributed by atoms with Crippen LogP contribution in [-0.2, 0) is 9.59 Å². The van der Waals surface area contributed by atoms with Gasteiger partial charge in [0.1, 0.15) is 4.32 Å². The minimum atomic E-state index is -0.558. The first kappa shape index (κ1) is 19.5. The minimum absolute atomic E-state index is 0.0998. The largest absolute Gasteiger partial charge is 0.490 e. The molecule has 1 saturated heterocycles. The summed E-state index contributed by atoms with van der Waals surface area (Å²) in [5, 5.41) is 0. The van der Waals surface area contributed by atoms with Crippen LogP contribution in [0.15, 0.2) is 23.1 Å². The van der Waals surface area contributed by atoms with Crippen molar-refractivity contribution in [2.45, 2.75) is 33.7 Å². The Bertz CT molecular complexity index is 730. The number of ketones is 1. The van der Waals surface area contributed by atoms with Gasteiger partial charge in [-0.05, 0) is 51.5 Å². The highest BCUT2D eigenvalue weighted by molar-refractivity contribution is 8.26. The van der Waals surface area contributed by atoms with Crippen LogP contribution in [0.4, 0.5) is 0 Å². The summed E-state index contributed by atoms with van der Waals surface area (Å²) < 4.78 is 11.5. The summed E-state index contributed by atoms with van der Waals surface area (Å²) in [6.07, 6.45) is 1.75. The number of hydrogen-bond acceptors (Lipinski definition) is 6. The standard InChI is InChI=1S/C18H21NO4S2/c1-5-22-14-8-7-13(9-15(14)23-6-2)10-16-17(21)19(18(24)25-16)11(3)12(4)20/h7-11H,5-6H2,1-4H3. The highest BCUT2D eigenvalue weighted by atomic mass is 32.2. The quantitative estimate of drug-likeness (QED) is 0.532. The molecule has 0 radical (unpaired) electrons. The molecule has 2 rings (SSSR count). The Kier molecular flexibility index (Phi) is 6.61. The molecule has 1 heterocycles. The number of benzene rings is 1. The van der Waals surface area contributed by atoms with Gasteiger partial charge in [-0.1, -0.05) is 30.0 Å². The van der Waals surface area contributed by atoms with Crippen LogP contribution in [0.1, 0.15) is 33.3 Å². The van der Waals surface area contributed by atoms with Crippen LogP contribution in [0.3, 0.4) is 0 Å². The predicted molar refractivity (Wildman–Crippen MR) is 104 cm³/mol. The number of thioether (sulfide) groups is 1. The first-order valence-electron chi connectivity index (χ1n) is 8.06. The molecule has 1 atom stereocenters. The highest BCUT2D eigenvalue weighted by Gasteiger charge is 2.36. The van der Waals surface area contributed by atoms with Crippen LogP contribution in [0.2, 0.25) is 0 Å². The van der Waals surface area contributed by atoms with Crippen molar-refractivity contribution in [3.8, 4) is 11.5 Å². The molecule has 0 spiro atoms. The zero-order valence-electron chi connectivity index (χ0n) is 14.7. The molecule has 1 aliphatic heterocycles. The second-order valence-corrected chi connectivity index (χ2v) is 7.09. The van der Waals surface area contributed by atoms with Crippen molar-refractivity contribution in [2.24, 2.45) is 0 Å². The molecule has 0 aliphatic carbocycles. The first-order valence-corrected chi connectivity index (χ1v) is 9.28. The van der Waals surface area contributed by atoms with Gasteiger partial charge in [0, 0.05) is 0 Å². The fraction of sp³-hybridized carbons (Fsp3) is 0.389. The van der Waals surface area contributed by atoms with E-state index >= 15 is 0 Å². The van der Waals surface area contributed by atoms with Gasteiger partial charge >= 0.3 is 0 Å². The lowest BCUT2D eigenvalue weighted by Crippen LogP contribution is -2.40. The molecule has 7 heteroatoms. The van der Waals surface area contributed by atoms with Gasteiger partial charge in [0.15, 0.2) is 17.3 Å². The molecule has 134 valence electrons. The zero-order valence-corrected chi connectivity index (χ0v) is 16.3. The molecule has 1 aliphatic rings. The van der Waals surface area contributed by atoms with Gasteiger partial charge in [0.05, 0.1) is 24.2 Å². The topological polar surface area (TPSA) is 55.8 Å². The maximum atomic E-state index is 12.6. The molecule has 0 saturated carbocycles. The molecule has 1 unspecified atom stereocenters. The Labute approximate surface area is 157 Å². The maximum absolute atomic E-state index is 12.6. The van der Waals surface area contributed by atoms with E-state index in [0.717, 1.165) is 5.56 Å². The third-order valence-electron chi connectivity index (χ3n) is 3.66. The number of rotatable bonds is 7. The van der Waals surface area contributed by atoms with Gasteiger partial charge in [-0.2, -0.15) is 0 Å². The minimum Gasteiger partial charge on any atom is -0.490 e. The summed E-state index contributed by atoms with van der Waals surface area (Å²) in [5.74, 6) is 0.951. The van der Waals surface area contributed by atoms with E-state index < -0.39 is 6.04 Å². The van der Waals surface area contributed by atoms with Crippen LogP contribution in [-0.4, -0.2) is 40.2 Å². The molecule has 1 aromatic carbocycles. The zero-order chi connectivity index (χ0) is 18.6. The number of nitrogens with zero attached hydrogens (tertiary/aromatic N) is 1. The van der Waals surface area contributed by atoms with Crippen molar-refractivity contribution < 1.29 is 19.1 Å². The summed E-state index contributed by atoms with van der Waals surface area (Å²) in [7, 11) is 0. The van der Waals surface area contributed by atoms with Gasteiger partial charge < -0.3 is 9.47 Å². The lowest BCUT2D eigenvalue weighted by Gasteiger charge is -2.20. The number of thiocarbonyl (C=S) groups is 1. The molecule has 1 aromatic rings. The van der Waals surface area contributed by atoms with E-state index in [1.165, 1.54) is 23.6 Å². The van der Waals surface area contributed by atoms with Crippen molar-refractivity contribution in [3.63, 3.8) is 0 Å². The van der Waals surface area contributed by atoms with E-state index in [0.29, 0.717) is 33.9 Å². The molecule has 0 bridgehead atoms. The number of amides is 1. The Morgan fingerprint density at radius 3 is 2.52 bits per heavy atom. The summed E-state index contributed by atoms with van der Waals surface area (Å²) in [6, 6.07) is 4.95. The maximum Gasteiger partial charge on any atom is 0.266 e. The van der Waals surface area contributed by atoms with Gasteiger partial charge in [-0.15, -0.1) is 0 Å². The van der Waals surface area contributed by atoms with Gasteiger partial charge in [-0.25, -0.2) is 0 Å². The van der Waals surface area contributed by atoms with Crippen molar-refractivity contribution in [1.82, 2.24) is 4.90 Å². The van der Waals surface area contributed by atoms with E-state index in [9.17, 15) is 9.59 Å². The second kappa shape index (κ2) is 8.49.